The summed E-state index contributed by atoms with van der Waals surface area (Å²) in [4.78, 5) is 30.2. The molecule has 8 aromatic rings. The van der Waals surface area contributed by atoms with E-state index < -0.39 is 74.3 Å². The zero-order valence-corrected chi connectivity index (χ0v) is 59.9. The zero-order chi connectivity index (χ0) is 71.4. The van der Waals surface area contributed by atoms with E-state index in [1.54, 1.807) is 25.0 Å². The number of halogens is 6. The molecule has 536 valence electrons. The first-order valence-corrected chi connectivity index (χ1v) is 42.7. The maximum absolute atomic E-state index is 13.5. The zero-order valence-electron chi connectivity index (χ0n) is 57.1. The number of likely N-dealkylation sites (tertiary alicyclic amines) is 2. The average Bonchev–Trinajstić information content (AvgIpc) is 1.00. The molecule has 0 unspecified atom stereocenters. The van der Waals surface area contributed by atoms with Gasteiger partial charge in [-0.3, -0.25) is 23.3 Å². The van der Waals surface area contributed by atoms with Gasteiger partial charge >= 0.3 is 12.4 Å². The predicted molar refractivity (Wildman–Crippen MR) is 363 cm³/mol. The molecule has 4 fully saturated rings. The van der Waals surface area contributed by atoms with Crippen molar-refractivity contribution in [3.8, 4) is 46.4 Å². The molecule has 33 heteroatoms. The third-order valence-electron chi connectivity index (χ3n) is 18.9. The SMILES string of the molecule is C[Si](C)(C)CCOCn1ccc2c(-c3cnn(C4(CC#N)CN(C5CCC(Oc6cc(CO)cc(C(F)(F)F)n6)CC5)C4)c3)ncnc21.C[Si](C)(C)CCOCn1ccc2c(-c3cnn(C4(CC#N)CN(C5CCC(Oc6cc(COS(C)(=O)=O)cc(C(F)(F)F)n6)CC5)C4)c3)ncnc21. The summed E-state index contributed by atoms with van der Waals surface area (Å²) >= 11 is 0. The van der Waals surface area contributed by atoms with Gasteiger partial charge < -0.3 is 33.2 Å². The van der Waals surface area contributed by atoms with Crippen LogP contribution in [0, 0.1) is 22.7 Å². The molecule has 2 aliphatic carbocycles. The van der Waals surface area contributed by atoms with Crippen molar-refractivity contribution in [1.82, 2.24) is 68.4 Å². The van der Waals surface area contributed by atoms with Crippen LogP contribution in [-0.4, -0.2) is 168 Å². The molecule has 0 aromatic carbocycles. The van der Waals surface area contributed by atoms with E-state index in [2.05, 4.69) is 91.1 Å². The summed E-state index contributed by atoms with van der Waals surface area (Å²) in [6, 6.07) is 15.6. The lowest BCUT2D eigenvalue weighted by atomic mass is 9.82. The van der Waals surface area contributed by atoms with Crippen LogP contribution in [0.25, 0.3) is 44.6 Å². The van der Waals surface area contributed by atoms with Crippen molar-refractivity contribution in [2.24, 2.45) is 0 Å². The topological polar surface area (TPSA) is 277 Å². The summed E-state index contributed by atoms with van der Waals surface area (Å²) in [6.07, 6.45) is 11.5. The third-order valence-corrected chi connectivity index (χ3v) is 22.8. The summed E-state index contributed by atoms with van der Waals surface area (Å²) in [5.41, 5.74) is 1.64. The summed E-state index contributed by atoms with van der Waals surface area (Å²) in [6.45, 7) is 17.7. The van der Waals surface area contributed by atoms with Gasteiger partial charge in [-0.2, -0.15) is 55.5 Å². The van der Waals surface area contributed by atoms with Crippen molar-refractivity contribution in [1.29, 1.82) is 10.5 Å². The minimum absolute atomic E-state index is 0.00652. The number of ether oxygens (including phenoxy) is 4. The van der Waals surface area contributed by atoms with E-state index >= 15 is 0 Å². The third kappa shape index (κ3) is 17.9. The van der Waals surface area contributed by atoms with Gasteiger partial charge in [0.2, 0.25) is 11.8 Å². The molecule has 2 saturated heterocycles. The van der Waals surface area contributed by atoms with Gasteiger partial charge in [0, 0.05) is 126 Å². The standard InChI is InChI=1S/C34H43F3N8O5SSi.C33H41F3N8O3Si/c1-51(46,47)49-19-24-15-29(34(35,36)37)42-30(16-24)50-27-7-5-26(6-8-27)44-20-33(21-44,10-11-38)45-18-25(17-41-45)31-28-9-12-43(32(28)40-22-39-31)23-48-13-14-52(2,3)4;1-48(2,3)13-12-46-22-42-11-8-27-30(38-21-39-31(27)42)24-16-40-44(17-24)32(9-10-37)19-43(20-32)25-4-6-26(7-5-25)47-29-15-23(18-45)14-28(41-29)33(34,35)36/h9,12,15-18,22,26-27H,5-8,10,13-14,19-21,23H2,1-4H3;8,11,14-17,21,25-26,45H,4-7,9,12-13,18-20,22H2,1-3H3. The van der Waals surface area contributed by atoms with E-state index in [4.69, 9.17) is 33.3 Å². The van der Waals surface area contributed by atoms with Crippen molar-refractivity contribution >= 4 is 48.3 Å². The second-order valence-electron chi connectivity index (χ2n) is 29.1. The molecular weight excluding hydrogens is 1360 g/mol. The van der Waals surface area contributed by atoms with Crippen LogP contribution in [0.2, 0.25) is 51.4 Å². The van der Waals surface area contributed by atoms with Crippen LogP contribution in [0.1, 0.15) is 86.7 Å². The van der Waals surface area contributed by atoms with E-state index in [9.17, 15) is 50.4 Å². The number of pyridine rings is 2. The molecular formula is C67H84F6N16O8SSi2. The Morgan fingerprint density at radius 1 is 0.610 bits per heavy atom. The van der Waals surface area contributed by atoms with Crippen LogP contribution >= 0.6 is 0 Å². The number of rotatable bonds is 26. The highest BCUT2D eigenvalue weighted by Gasteiger charge is 2.50. The van der Waals surface area contributed by atoms with Crippen molar-refractivity contribution in [2.45, 2.75) is 190 Å². The molecule has 0 radical (unpaired) electrons. The second-order valence-corrected chi connectivity index (χ2v) is 42.0. The van der Waals surface area contributed by atoms with Crippen molar-refractivity contribution < 1.29 is 63.0 Å². The number of aromatic nitrogens is 12. The van der Waals surface area contributed by atoms with Crippen LogP contribution in [0.4, 0.5) is 26.3 Å². The fourth-order valence-corrected chi connectivity index (χ4v) is 15.2. The molecule has 0 amide bonds. The monoisotopic (exact) mass is 1440 g/mol. The van der Waals surface area contributed by atoms with E-state index in [-0.39, 0.29) is 53.6 Å². The molecule has 0 atom stereocenters. The van der Waals surface area contributed by atoms with Gasteiger partial charge in [0.1, 0.15) is 72.1 Å². The molecule has 24 nitrogen and oxygen atoms in total. The quantitative estimate of drug-likeness (QED) is 0.0228. The Morgan fingerprint density at radius 2 is 1.02 bits per heavy atom. The highest BCUT2D eigenvalue weighted by molar-refractivity contribution is 7.85. The Kier molecular flexibility index (Phi) is 22.1. The average molecular weight is 1440 g/mol. The molecule has 0 spiro atoms. The molecule has 2 aliphatic heterocycles. The first-order valence-electron chi connectivity index (χ1n) is 33.4. The largest absolute Gasteiger partial charge is 0.474 e. The Hall–Kier alpha value is -7.74. The molecule has 4 aliphatic rings. The second kappa shape index (κ2) is 30.1. The maximum atomic E-state index is 13.5. The Morgan fingerprint density at radius 3 is 1.40 bits per heavy atom. The van der Waals surface area contributed by atoms with Crippen LogP contribution in [0.5, 0.6) is 11.8 Å². The lowest BCUT2D eigenvalue weighted by molar-refractivity contribution is -0.142. The molecule has 10 heterocycles. The van der Waals surface area contributed by atoms with Crippen molar-refractivity contribution in [3.05, 3.63) is 109 Å². The molecule has 1 N–H and O–H groups in total. The number of hydrogen-bond acceptors (Lipinski definition) is 20. The summed E-state index contributed by atoms with van der Waals surface area (Å²) in [5.74, 6) is -0.340. The van der Waals surface area contributed by atoms with Gasteiger partial charge in [0.15, 0.2) is 0 Å². The van der Waals surface area contributed by atoms with Crippen molar-refractivity contribution in [2.75, 3.05) is 45.6 Å². The van der Waals surface area contributed by atoms with E-state index in [0.29, 0.717) is 78.4 Å². The van der Waals surface area contributed by atoms with E-state index in [1.807, 2.05) is 55.4 Å². The smallest absolute Gasteiger partial charge is 0.433 e. The first-order chi connectivity index (χ1) is 47.4. The molecule has 0 bridgehead atoms. The van der Waals surface area contributed by atoms with Gasteiger partial charge in [-0.15, -0.1) is 0 Å². The number of fused-ring (bicyclic) bond motifs is 2. The van der Waals surface area contributed by atoms with Crippen LogP contribution in [-0.2, 0) is 73.9 Å². The number of nitrogens with zero attached hydrogens (tertiary/aromatic N) is 16. The minimum Gasteiger partial charge on any atom is -0.474 e. The fraction of sp³-hybridized carbons (Fsp3) is 0.552. The Labute approximate surface area is 578 Å². The fourth-order valence-electron chi connectivity index (χ4n) is 13.4. The van der Waals surface area contributed by atoms with Gasteiger partial charge in [0.05, 0.1) is 68.2 Å². The Balaban J connectivity index is 0.000000202. The number of nitriles is 2. The summed E-state index contributed by atoms with van der Waals surface area (Å²) in [7, 11) is -6.23. The normalized spacial score (nSPS) is 19.9. The van der Waals surface area contributed by atoms with E-state index in [1.165, 1.54) is 12.1 Å². The summed E-state index contributed by atoms with van der Waals surface area (Å²) < 4.78 is 139. The number of alkyl halides is 6. The molecule has 100 heavy (non-hydrogen) atoms. The minimum atomic E-state index is -4.74. The Bertz CT molecular complexity index is 4340. The number of aliphatic hydroxyl groups is 1. The molecule has 8 aromatic heterocycles. The lowest BCUT2D eigenvalue weighted by Gasteiger charge is -2.53. The van der Waals surface area contributed by atoms with Crippen LogP contribution in [0.15, 0.2) is 86.2 Å². The highest BCUT2D eigenvalue weighted by Crippen LogP contribution is 2.42. The van der Waals surface area contributed by atoms with Crippen LogP contribution < -0.4 is 9.47 Å². The first kappa shape index (κ1) is 73.5. The number of hydrogen-bond donors (Lipinski definition) is 1. The number of aliphatic hydroxyl groups excluding tert-OH is 1. The van der Waals surface area contributed by atoms with Gasteiger partial charge in [-0.25, -0.2) is 29.9 Å². The molecule has 2 saturated carbocycles. The molecule has 12 rings (SSSR count). The highest BCUT2D eigenvalue weighted by atomic mass is 32.2. The maximum Gasteiger partial charge on any atom is 0.433 e. The van der Waals surface area contributed by atoms with E-state index in [0.717, 1.165) is 107 Å². The van der Waals surface area contributed by atoms with Crippen molar-refractivity contribution in [3.63, 3.8) is 0 Å². The predicted octanol–water partition coefficient (Wildman–Crippen LogP) is 11.6. The van der Waals surface area contributed by atoms with Gasteiger partial charge in [-0.05, 0) is 98.8 Å². The van der Waals surface area contributed by atoms with Gasteiger partial charge in [0.25, 0.3) is 10.1 Å². The van der Waals surface area contributed by atoms with Crippen LogP contribution in [0.3, 0.4) is 0 Å². The summed E-state index contributed by atoms with van der Waals surface area (Å²) in [5, 5.41) is 40.2. The lowest BCUT2D eigenvalue weighted by Crippen LogP contribution is -2.65. The van der Waals surface area contributed by atoms with Gasteiger partial charge in [-0.1, -0.05) is 39.3 Å².